The highest BCUT2D eigenvalue weighted by Crippen LogP contribution is 2.34. The van der Waals surface area contributed by atoms with Crippen LogP contribution in [0.25, 0.3) is 22.3 Å². The van der Waals surface area contributed by atoms with E-state index in [0.29, 0.717) is 30.6 Å². The van der Waals surface area contributed by atoms with Gasteiger partial charge in [-0.2, -0.15) is 18.1 Å². The van der Waals surface area contributed by atoms with Gasteiger partial charge in [0.15, 0.2) is 6.10 Å². The van der Waals surface area contributed by atoms with E-state index in [0.717, 1.165) is 43.2 Å². The van der Waals surface area contributed by atoms with Crippen LogP contribution in [-0.2, 0) is 14.5 Å². The molecule has 0 radical (unpaired) electrons. The summed E-state index contributed by atoms with van der Waals surface area (Å²) in [6.45, 7) is 4.50. The second kappa shape index (κ2) is 19.8. The molecule has 0 N–H and O–H groups in total. The van der Waals surface area contributed by atoms with Crippen LogP contribution >= 0.6 is 0 Å². The fourth-order valence-electron chi connectivity index (χ4n) is 5.25. The number of benzene rings is 3. The summed E-state index contributed by atoms with van der Waals surface area (Å²) in [6, 6.07) is 20.9. The SMILES string of the molecule is CCCCCCCCCCOOC(=O)c1ccc(-c2ccccc2)c(-c2ccc(C(=O)OC(CCCCCC)C(F)(F)F)cc2)c1. The van der Waals surface area contributed by atoms with Gasteiger partial charge in [0.1, 0.15) is 0 Å². The normalized spacial score (nSPS) is 12.1. The molecule has 0 heterocycles. The molecule has 8 heteroatoms. The third-order valence-electron chi connectivity index (χ3n) is 7.92. The topological polar surface area (TPSA) is 61.8 Å². The van der Waals surface area contributed by atoms with Gasteiger partial charge in [0, 0.05) is 0 Å². The summed E-state index contributed by atoms with van der Waals surface area (Å²) in [7, 11) is 0. The molecule has 0 spiro atoms. The predicted molar refractivity (Wildman–Crippen MR) is 175 cm³/mol. The zero-order valence-electron chi connectivity index (χ0n) is 27.1. The average Bonchev–Trinajstić information content (AvgIpc) is 3.06. The summed E-state index contributed by atoms with van der Waals surface area (Å²) in [5, 5.41) is 0. The largest absolute Gasteiger partial charge is 0.449 e. The van der Waals surface area contributed by atoms with Crippen LogP contribution in [0.3, 0.4) is 0 Å². The van der Waals surface area contributed by atoms with E-state index in [1.54, 1.807) is 24.3 Å². The Balaban J connectivity index is 1.68. The maximum absolute atomic E-state index is 13.6. The van der Waals surface area contributed by atoms with E-state index in [2.05, 4.69) is 6.92 Å². The van der Waals surface area contributed by atoms with Crippen molar-refractivity contribution in [1.29, 1.82) is 0 Å². The van der Waals surface area contributed by atoms with Crippen molar-refractivity contribution < 1.29 is 37.3 Å². The van der Waals surface area contributed by atoms with Crippen molar-refractivity contribution in [3.05, 3.63) is 83.9 Å². The molecule has 0 aromatic heterocycles. The molecule has 46 heavy (non-hydrogen) atoms. The smallest absolute Gasteiger partial charge is 0.425 e. The highest BCUT2D eigenvalue weighted by molar-refractivity contribution is 5.95. The number of halogens is 3. The first-order valence-corrected chi connectivity index (χ1v) is 16.7. The van der Waals surface area contributed by atoms with Crippen LogP contribution in [0.5, 0.6) is 0 Å². The molecule has 0 fully saturated rings. The number of unbranched alkanes of at least 4 members (excludes halogenated alkanes) is 10. The Kier molecular flexibility index (Phi) is 15.8. The third kappa shape index (κ3) is 12.3. The lowest BCUT2D eigenvalue weighted by Crippen LogP contribution is -2.33. The highest BCUT2D eigenvalue weighted by atomic mass is 19.4. The second-order valence-corrected chi connectivity index (χ2v) is 11.7. The van der Waals surface area contributed by atoms with Crippen molar-refractivity contribution in [2.45, 2.75) is 110 Å². The lowest BCUT2D eigenvalue weighted by molar-refractivity contribution is -0.241. The molecule has 0 aliphatic rings. The summed E-state index contributed by atoms with van der Waals surface area (Å²) < 4.78 is 45.6. The molecule has 1 unspecified atom stereocenters. The number of carbonyl (C=O) groups excluding carboxylic acids is 2. The maximum Gasteiger partial charge on any atom is 0.425 e. The minimum absolute atomic E-state index is 0.0118. The van der Waals surface area contributed by atoms with E-state index in [1.807, 2.05) is 43.3 Å². The standard InChI is InChI=1S/C38H47F3O5/c1-3-5-7-9-10-11-12-17-27-44-46-37(43)32-25-26-33(29-18-14-13-15-19-29)34(28-32)30-21-23-31(24-22-30)36(42)45-35(38(39,40)41)20-16-8-6-4-2/h13-15,18-19,21-26,28,35H,3-12,16-17,20,27H2,1-2H3. The van der Waals surface area contributed by atoms with Gasteiger partial charge in [-0.3, -0.25) is 4.89 Å². The van der Waals surface area contributed by atoms with Crippen molar-refractivity contribution >= 4 is 11.9 Å². The molecule has 0 saturated carbocycles. The number of carbonyl (C=O) groups is 2. The van der Waals surface area contributed by atoms with Crippen LogP contribution in [0.2, 0.25) is 0 Å². The maximum atomic E-state index is 13.6. The molecule has 0 saturated heterocycles. The minimum atomic E-state index is -4.64. The van der Waals surface area contributed by atoms with Crippen molar-refractivity contribution in [1.82, 2.24) is 0 Å². The van der Waals surface area contributed by atoms with Gasteiger partial charge in [-0.1, -0.05) is 127 Å². The number of hydrogen-bond acceptors (Lipinski definition) is 5. The molecule has 0 aliphatic carbocycles. The van der Waals surface area contributed by atoms with E-state index < -0.39 is 24.2 Å². The Morgan fingerprint density at radius 3 is 1.83 bits per heavy atom. The van der Waals surface area contributed by atoms with Gasteiger partial charge in [-0.15, -0.1) is 0 Å². The molecule has 1 atom stereocenters. The number of esters is 1. The quantitative estimate of drug-likeness (QED) is 0.0532. The molecular formula is C38H47F3O5. The first kappa shape index (κ1) is 36.8. The monoisotopic (exact) mass is 640 g/mol. The summed E-state index contributed by atoms with van der Waals surface area (Å²) >= 11 is 0. The molecule has 0 amide bonds. The Bertz CT molecular complexity index is 1320. The van der Waals surface area contributed by atoms with E-state index in [-0.39, 0.29) is 17.5 Å². The van der Waals surface area contributed by atoms with Crippen LogP contribution in [-0.4, -0.2) is 30.8 Å². The zero-order valence-corrected chi connectivity index (χ0v) is 27.1. The molecule has 0 aliphatic heterocycles. The molecule has 3 rings (SSSR count). The van der Waals surface area contributed by atoms with E-state index >= 15 is 0 Å². The van der Waals surface area contributed by atoms with E-state index in [9.17, 15) is 22.8 Å². The molecule has 250 valence electrons. The first-order valence-electron chi connectivity index (χ1n) is 16.7. The average molecular weight is 641 g/mol. The van der Waals surface area contributed by atoms with Crippen molar-refractivity contribution in [3.63, 3.8) is 0 Å². The lowest BCUT2D eigenvalue weighted by atomic mass is 9.92. The molecule has 3 aromatic carbocycles. The molecular weight excluding hydrogens is 593 g/mol. The fourth-order valence-corrected chi connectivity index (χ4v) is 5.25. The Hall–Kier alpha value is -3.65. The van der Waals surface area contributed by atoms with Gasteiger partial charge >= 0.3 is 18.1 Å². The fraction of sp³-hybridized carbons (Fsp3) is 0.474. The molecule has 3 aromatic rings. The first-order chi connectivity index (χ1) is 22.2. The van der Waals surface area contributed by atoms with Gasteiger partial charge in [-0.05, 0) is 65.8 Å². The van der Waals surface area contributed by atoms with Gasteiger partial charge in [0.05, 0.1) is 17.7 Å². The van der Waals surface area contributed by atoms with Crippen LogP contribution in [0.15, 0.2) is 72.8 Å². The second-order valence-electron chi connectivity index (χ2n) is 11.7. The van der Waals surface area contributed by atoms with Crippen LogP contribution in [0.4, 0.5) is 13.2 Å². The van der Waals surface area contributed by atoms with Gasteiger partial charge < -0.3 is 4.74 Å². The Labute approximate surface area is 271 Å². The van der Waals surface area contributed by atoms with Crippen LogP contribution in [0.1, 0.15) is 118 Å². The number of alkyl halides is 3. The van der Waals surface area contributed by atoms with Gasteiger partial charge in [0.2, 0.25) is 0 Å². The van der Waals surface area contributed by atoms with Crippen LogP contribution < -0.4 is 0 Å². The Morgan fingerprint density at radius 2 is 1.20 bits per heavy atom. The van der Waals surface area contributed by atoms with Crippen molar-refractivity contribution in [2.75, 3.05) is 6.61 Å². The zero-order chi connectivity index (χ0) is 33.2. The summed E-state index contributed by atoms with van der Waals surface area (Å²) in [6.07, 6.45) is 4.81. The molecule has 0 bridgehead atoms. The van der Waals surface area contributed by atoms with Crippen LogP contribution in [0, 0.1) is 0 Å². The lowest BCUT2D eigenvalue weighted by Gasteiger charge is -2.21. The number of ether oxygens (including phenoxy) is 1. The highest BCUT2D eigenvalue weighted by Gasteiger charge is 2.42. The molecule has 5 nitrogen and oxygen atoms in total. The van der Waals surface area contributed by atoms with Crippen molar-refractivity contribution in [2.24, 2.45) is 0 Å². The van der Waals surface area contributed by atoms with E-state index in [4.69, 9.17) is 14.5 Å². The summed E-state index contributed by atoms with van der Waals surface area (Å²) in [5.74, 6) is -1.66. The van der Waals surface area contributed by atoms with Gasteiger partial charge in [0.25, 0.3) is 0 Å². The minimum Gasteiger partial charge on any atom is -0.449 e. The number of hydrogen-bond donors (Lipinski definition) is 0. The summed E-state index contributed by atoms with van der Waals surface area (Å²) in [5.41, 5.74) is 3.38. The number of rotatable bonds is 20. The van der Waals surface area contributed by atoms with Gasteiger partial charge in [-0.25, -0.2) is 9.59 Å². The summed E-state index contributed by atoms with van der Waals surface area (Å²) in [4.78, 5) is 35.9. The Morgan fingerprint density at radius 1 is 0.630 bits per heavy atom. The van der Waals surface area contributed by atoms with E-state index in [1.165, 1.54) is 44.2 Å². The predicted octanol–water partition coefficient (Wildman–Crippen LogP) is 11.3. The van der Waals surface area contributed by atoms with Crippen molar-refractivity contribution in [3.8, 4) is 22.3 Å². The third-order valence-corrected chi connectivity index (χ3v) is 7.92.